The Morgan fingerprint density at radius 2 is 0.970 bits per heavy atom. The van der Waals surface area contributed by atoms with Gasteiger partial charge in [-0.05, 0) is 81.5 Å². The van der Waals surface area contributed by atoms with Gasteiger partial charge in [0, 0.05) is 0 Å². The minimum atomic E-state index is -0.890. The van der Waals surface area contributed by atoms with E-state index >= 15 is 0 Å². The average Bonchev–Trinajstić information content (AvgIpc) is 3.22. The Morgan fingerprint density at radius 1 is 0.636 bits per heavy atom. The molecule has 8 atom stereocenters. The van der Waals surface area contributed by atoms with E-state index in [4.69, 9.17) is 0 Å². The molecule has 0 amide bonds. The maximum atomic E-state index is 11.6. The molecule has 0 bridgehead atoms. The lowest BCUT2D eigenvalue weighted by Crippen LogP contribution is -2.27. The fourth-order valence-corrected chi connectivity index (χ4v) is 5.60. The molecule has 0 aromatic carbocycles. The first-order valence-corrected chi connectivity index (χ1v) is 12.3. The van der Waals surface area contributed by atoms with Crippen LogP contribution in [0.25, 0.3) is 0 Å². The van der Waals surface area contributed by atoms with Crippen LogP contribution in [0.4, 0.5) is 0 Å². The summed E-state index contributed by atoms with van der Waals surface area (Å²) >= 11 is 0. The average molecular weight is 471 g/mol. The molecule has 1 aliphatic rings. The summed E-state index contributed by atoms with van der Waals surface area (Å²) in [6.45, 7) is 6.96. The number of hydrogen-bond acceptors (Lipinski definition) is 4. The molecule has 1 saturated carbocycles. The molecule has 8 nitrogen and oxygen atoms in total. The summed E-state index contributed by atoms with van der Waals surface area (Å²) in [5.41, 5.74) is 0. The Balaban J connectivity index is 3.06. The van der Waals surface area contributed by atoms with Gasteiger partial charge in [-0.3, -0.25) is 19.2 Å². The van der Waals surface area contributed by atoms with Crippen LogP contribution < -0.4 is 0 Å². The quantitative estimate of drug-likeness (QED) is 0.250. The van der Waals surface area contributed by atoms with Gasteiger partial charge in [0.2, 0.25) is 0 Å². The number of carboxylic acid groups (broad SMARTS) is 4. The van der Waals surface area contributed by atoms with Gasteiger partial charge in [-0.2, -0.15) is 0 Å². The van der Waals surface area contributed by atoms with E-state index in [1.807, 2.05) is 13.8 Å². The zero-order valence-corrected chi connectivity index (χ0v) is 20.4. The lowest BCUT2D eigenvalue weighted by atomic mass is 9.74. The van der Waals surface area contributed by atoms with E-state index in [1.54, 1.807) is 13.8 Å². The highest BCUT2D eigenvalue weighted by molar-refractivity contribution is 5.71. The number of aliphatic carboxylic acids is 4. The predicted octanol–water partition coefficient (Wildman–Crippen LogP) is 4.86. The molecule has 0 saturated heterocycles. The van der Waals surface area contributed by atoms with Gasteiger partial charge in [-0.1, -0.05) is 27.7 Å². The molecule has 1 aliphatic carbocycles. The summed E-state index contributed by atoms with van der Waals surface area (Å²) in [4.78, 5) is 46.3. The summed E-state index contributed by atoms with van der Waals surface area (Å²) < 4.78 is 0. The molecule has 0 spiro atoms. The van der Waals surface area contributed by atoms with E-state index in [0.29, 0.717) is 38.5 Å². The van der Waals surface area contributed by atoms with E-state index in [2.05, 4.69) is 0 Å². The van der Waals surface area contributed by atoms with Crippen LogP contribution in [0.2, 0.25) is 0 Å². The Morgan fingerprint density at radius 3 is 1.21 bits per heavy atom. The minimum Gasteiger partial charge on any atom is -0.481 e. The van der Waals surface area contributed by atoms with Crippen molar-refractivity contribution in [2.45, 2.75) is 85.5 Å². The summed E-state index contributed by atoms with van der Waals surface area (Å²) in [5.74, 6) is -5.43. The molecule has 8 heteroatoms. The summed E-state index contributed by atoms with van der Waals surface area (Å²) in [7, 11) is 0. The molecule has 4 N–H and O–H groups in total. The second kappa shape index (κ2) is 13.6. The van der Waals surface area contributed by atoms with E-state index in [-0.39, 0.29) is 23.7 Å². The Hall–Kier alpha value is -2.12. The summed E-state index contributed by atoms with van der Waals surface area (Å²) in [5, 5.41) is 37.9. The molecule has 0 aliphatic heterocycles. The zero-order valence-electron chi connectivity index (χ0n) is 20.4. The zero-order chi connectivity index (χ0) is 25.3. The maximum Gasteiger partial charge on any atom is 0.306 e. The minimum absolute atomic E-state index is 0.0406. The van der Waals surface area contributed by atoms with Crippen molar-refractivity contribution >= 4 is 23.9 Å². The second-order valence-corrected chi connectivity index (χ2v) is 10.2. The van der Waals surface area contributed by atoms with Crippen molar-refractivity contribution in [1.82, 2.24) is 0 Å². The lowest BCUT2D eigenvalue weighted by molar-refractivity contribution is -0.144. The Kier molecular flexibility index (Phi) is 11.9. The van der Waals surface area contributed by atoms with Crippen molar-refractivity contribution in [2.75, 3.05) is 0 Å². The summed E-state index contributed by atoms with van der Waals surface area (Å²) in [6.07, 6.45) is 5.10. The molecule has 0 heterocycles. The third kappa shape index (κ3) is 8.97. The fraction of sp³-hybridized carbons (Fsp3) is 0.840. The standard InChI is InChI=1S/C25H42O8/c1-5-16(24(30)31)11-20(9-14(3)22(26)27)18-7-8-19(13-18)21(10-15(4)23(28)29)12-17(6-2)25(32)33/h14-21H,5-13H2,1-4H3,(H,26,27)(H,28,29)(H,30,31)(H,32,33). The first-order valence-electron chi connectivity index (χ1n) is 12.3. The number of carboxylic acids is 4. The highest BCUT2D eigenvalue weighted by Gasteiger charge is 2.39. The lowest BCUT2D eigenvalue weighted by Gasteiger charge is -2.30. The second-order valence-electron chi connectivity index (χ2n) is 10.2. The molecule has 8 unspecified atom stereocenters. The number of rotatable bonds is 16. The maximum absolute atomic E-state index is 11.6. The highest BCUT2D eigenvalue weighted by atomic mass is 16.4. The van der Waals surface area contributed by atoms with E-state index in [0.717, 1.165) is 19.3 Å². The van der Waals surface area contributed by atoms with Gasteiger partial charge in [0.05, 0.1) is 23.7 Å². The Bertz CT molecular complexity index is 619. The molecule has 33 heavy (non-hydrogen) atoms. The van der Waals surface area contributed by atoms with Crippen LogP contribution in [-0.4, -0.2) is 44.3 Å². The van der Waals surface area contributed by atoms with Crippen molar-refractivity contribution in [1.29, 1.82) is 0 Å². The van der Waals surface area contributed by atoms with Crippen LogP contribution in [0.3, 0.4) is 0 Å². The van der Waals surface area contributed by atoms with Crippen molar-refractivity contribution < 1.29 is 39.6 Å². The topological polar surface area (TPSA) is 149 Å². The van der Waals surface area contributed by atoms with Crippen molar-refractivity contribution in [2.24, 2.45) is 47.3 Å². The van der Waals surface area contributed by atoms with Gasteiger partial charge >= 0.3 is 23.9 Å². The molecule has 1 rings (SSSR count). The third-order valence-electron chi connectivity index (χ3n) is 7.86. The smallest absolute Gasteiger partial charge is 0.306 e. The van der Waals surface area contributed by atoms with Gasteiger partial charge in [-0.15, -0.1) is 0 Å². The van der Waals surface area contributed by atoms with Gasteiger partial charge in [-0.25, -0.2) is 0 Å². The molecule has 0 aromatic rings. The van der Waals surface area contributed by atoms with Gasteiger partial charge in [0.25, 0.3) is 0 Å². The van der Waals surface area contributed by atoms with Crippen LogP contribution in [0.1, 0.15) is 85.5 Å². The third-order valence-corrected chi connectivity index (χ3v) is 7.86. The molecule has 0 aromatic heterocycles. The first-order chi connectivity index (χ1) is 15.4. The van der Waals surface area contributed by atoms with Crippen LogP contribution >= 0.6 is 0 Å². The molecular formula is C25H42O8. The van der Waals surface area contributed by atoms with Crippen molar-refractivity contribution in [3.05, 3.63) is 0 Å². The number of carbonyl (C=O) groups is 4. The molecule has 190 valence electrons. The van der Waals surface area contributed by atoms with Crippen LogP contribution in [0, 0.1) is 47.3 Å². The monoisotopic (exact) mass is 470 g/mol. The van der Waals surface area contributed by atoms with Crippen LogP contribution in [-0.2, 0) is 19.2 Å². The van der Waals surface area contributed by atoms with Crippen molar-refractivity contribution in [3.63, 3.8) is 0 Å². The fourth-order valence-electron chi connectivity index (χ4n) is 5.60. The van der Waals surface area contributed by atoms with E-state index in [9.17, 15) is 39.6 Å². The van der Waals surface area contributed by atoms with Gasteiger partial charge in [0.1, 0.15) is 0 Å². The first kappa shape index (κ1) is 28.9. The largest absolute Gasteiger partial charge is 0.481 e. The molecule has 1 fully saturated rings. The summed E-state index contributed by atoms with van der Waals surface area (Å²) in [6, 6.07) is 0. The Labute approximate surface area is 196 Å². The van der Waals surface area contributed by atoms with Gasteiger partial charge < -0.3 is 20.4 Å². The van der Waals surface area contributed by atoms with E-state index < -0.39 is 47.5 Å². The van der Waals surface area contributed by atoms with Crippen LogP contribution in [0.5, 0.6) is 0 Å². The van der Waals surface area contributed by atoms with Crippen molar-refractivity contribution in [3.8, 4) is 0 Å². The van der Waals surface area contributed by atoms with Gasteiger partial charge in [0.15, 0.2) is 0 Å². The SMILES string of the molecule is CCC(CC(CC(C)C(=O)O)C1CCC(C(CC(C)C(=O)O)CC(CC)C(=O)O)C1)C(=O)O. The highest BCUT2D eigenvalue weighted by Crippen LogP contribution is 2.46. The number of hydrogen-bond donors (Lipinski definition) is 4. The van der Waals surface area contributed by atoms with E-state index in [1.165, 1.54) is 0 Å². The molecular weight excluding hydrogens is 428 g/mol. The molecule has 0 radical (unpaired) electrons. The normalized spacial score (nSPS) is 23.8. The predicted molar refractivity (Wildman–Crippen MR) is 123 cm³/mol. The van der Waals surface area contributed by atoms with Crippen LogP contribution in [0.15, 0.2) is 0 Å².